The summed E-state index contributed by atoms with van der Waals surface area (Å²) in [6.45, 7) is 3.30. The van der Waals surface area contributed by atoms with Gasteiger partial charge in [-0.2, -0.15) is 0 Å². The topological polar surface area (TPSA) is 77.1 Å². The number of piperidine rings is 1. The van der Waals surface area contributed by atoms with Gasteiger partial charge in [-0.05, 0) is 48.6 Å². The maximum absolute atomic E-state index is 12.7. The third-order valence-corrected chi connectivity index (χ3v) is 5.73. The monoisotopic (exact) mass is 440 g/mol. The van der Waals surface area contributed by atoms with Crippen LogP contribution < -0.4 is 19.5 Å². The van der Waals surface area contributed by atoms with E-state index in [0.717, 1.165) is 36.1 Å². The van der Waals surface area contributed by atoms with Crippen LogP contribution in [0.3, 0.4) is 0 Å². The fraction of sp³-hybridized carbons (Fsp3) is 0.440. The molecule has 1 aliphatic rings. The van der Waals surface area contributed by atoms with Gasteiger partial charge in [0.15, 0.2) is 18.1 Å². The number of methoxy groups -OCH3 is 2. The average Bonchev–Trinajstić information content (AvgIpc) is 2.83. The van der Waals surface area contributed by atoms with Crippen LogP contribution in [0.1, 0.15) is 30.9 Å². The number of para-hydroxylation sites is 1. The molecule has 0 saturated carbocycles. The Morgan fingerprint density at radius 3 is 2.41 bits per heavy atom. The summed E-state index contributed by atoms with van der Waals surface area (Å²) >= 11 is 0. The molecule has 32 heavy (non-hydrogen) atoms. The molecule has 0 aliphatic carbocycles. The van der Waals surface area contributed by atoms with Crippen LogP contribution in [0.5, 0.6) is 17.2 Å². The Bertz CT molecular complexity index is 922. The fourth-order valence-corrected chi connectivity index (χ4v) is 3.90. The molecule has 2 amide bonds. The highest BCUT2D eigenvalue weighted by Crippen LogP contribution is 2.28. The molecule has 1 saturated heterocycles. The minimum Gasteiger partial charge on any atom is -0.493 e. The van der Waals surface area contributed by atoms with Gasteiger partial charge in [-0.1, -0.05) is 31.2 Å². The summed E-state index contributed by atoms with van der Waals surface area (Å²) in [5, 5.41) is 3.03. The summed E-state index contributed by atoms with van der Waals surface area (Å²) in [6.07, 6.45) is 2.62. The highest BCUT2D eigenvalue weighted by atomic mass is 16.5. The van der Waals surface area contributed by atoms with Crippen LogP contribution in [-0.4, -0.2) is 56.7 Å². The molecule has 0 radical (unpaired) electrons. The fourth-order valence-electron chi connectivity index (χ4n) is 3.90. The second-order valence-corrected chi connectivity index (χ2v) is 7.84. The van der Waals surface area contributed by atoms with Crippen molar-refractivity contribution < 1.29 is 23.8 Å². The van der Waals surface area contributed by atoms with Gasteiger partial charge >= 0.3 is 0 Å². The Morgan fingerprint density at radius 2 is 1.72 bits per heavy atom. The van der Waals surface area contributed by atoms with Crippen LogP contribution in [0, 0.1) is 0 Å². The van der Waals surface area contributed by atoms with Crippen molar-refractivity contribution in [3.8, 4) is 17.2 Å². The summed E-state index contributed by atoms with van der Waals surface area (Å²) in [5.74, 6) is 1.94. The number of nitrogens with one attached hydrogen (secondary N) is 1. The number of aryl methyl sites for hydroxylation is 1. The number of benzene rings is 2. The van der Waals surface area contributed by atoms with Crippen LogP contribution in [0.2, 0.25) is 0 Å². The zero-order valence-electron chi connectivity index (χ0n) is 19.1. The minimum absolute atomic E-state index is 0.00450. The molecule has 1 N–H and O–H groups in total. The lowest BCUT2D eigenvalue weighted by molar-refractivity contribution is -0.131. The van der Waals surface area contributed by atoms with Gasteiger partial charge in [-0.25, -0.2) is 0 Å². The number of hydrogen-bond donors (Lipinski definition) is 1. The van der Waals surface area contributed by atoms with E-state index in [9.17, 15) is 9.59 Å². The van der Waals surface area contributed by atoms with Crippen LogP contribution in [0.25, 0.3) is 0 Å². The van der Waals surface area contributed by atoms with E-state index in [1.165, 1.54) is 0 Å². The van der Waals surface area contributed by atoms with Crippen molar-refractivity contribution in [2.75, 3.05) is 33.9 Å². The highest BCUT2D eigenvalue weighted by Gasteiger charge is 2.24. The standard InChI is InChI=1S/C25H32N2O5/c1-4-19-7-5-6-8-21(19)32-17-24(28)26-20-11-13-27(14-12-20)25(29)16-18-9-10-22(30-2)23(15-18)31-3/h5-10,15,20H,4,11-14,16-17H2,1-3H3,(H,26,28). The molecule has 7 heteroatoms. The molecule has 1 aliphatic heterocycles. The van der Waals surface area contributed by atoms with Crippen molar-refractivity contribution in [2.45, 2.75) is 38.6 Å². The molecular formula is C25H32N2O5. The van der Waals surface area contributed by atoms with Crippen LogP contribution in [0.15, 0.2) is 42.5 Å². The predicted octanol–water partition coefficient (Wildman–Crippen LogP) is 2.99. The van der Waals surface area contributed by atoms with E-state index in [-0.39, 0.29) is 24.5 Å². The zero-order valence-corrected chi connectivity index (χ0v) is 19.1. The molecule has 7 nitrogen and oxygen atoms in total. The lowest BCUT2D eigenvalue weighted by Crippen LogP contribution is -2.47. The second kappa shape index (κ2) is 11.4. The summed E-state index contributed by atoms with van der Waals surface area (Å²) in [4.78, 5) is 26.9. The van der Waals surface area contributed by atoms with Crippen molar-refractivity contribution >= 4 is 11.8 Å². The van der Waals surface area contributed by atoms with Crippen LogP contribution >= 0.6 is 0 Å². The van der Waals surface area contributed by atoms with Gasteiger partial charge in [0.05, 0.1) is 20.6 Å². The van der Waals surface area contributed by atoms with Gasteiger partial charge in [0, 0.05) is 19.1 Å². The third-order valence-electron chi connectivity index (χ3n) is 5.73. The van der Waals surface area contributed by atoms with E-state index in [1.54, 1.807) is 14.2 Å². The maximum atomic E-state index is 12.7. The Kier molecular flexibility index (Phi) is 8.36. The molecule has 0 atom stereocenters. The van der Waals surface area contributed by atoms with E-state index in [2.05, 4.69) is 12.2 Å². The normalized spacial score (nSPS) is 14.0. The van der Waals surface area contributed by atoms with Gasteiger partial charge in [-0.15, -0.1) is 0 Å². The summed E-state index contributed by atoms with van der Waals surface area (Å²) in [6, 6.07) is 13.3. The molecule has 0 aromatic heterocycles. The molecule has 172 valence electrons. The largest absolute Gasteiger partial charge is 0.493 e. The number of amides is 2. The predicted molar refractivity (Wildman–Crippen MR) is 122 cm³/mol. The smallest absolute Gasteiger partial charge is 0.258 e. The van der Waals surface area contributed by atoms with Crippen LogP contribution in [0.4, 0.5) is 0 Å². The van der Waals surface area contributed by atoms with Gasteiger partial charge in [0.1, 0.15) is 5.75 Å². The van der Waals surface area contributed by atoms with Crippen molar-refractivity contribution in [1.82, 2.24) is 10.2 Å². The first-order chi connectivity index (χ1) is 15.5. The lowest BCUT2D eigenvalue weighted by atomic mass is 10.0. The summed E-state index contributed by atoms with van der Waals surface area (Å²) in [5.41, 5.74) is 1.97. The van der Waals surface area contributed by atoms with Gasteiger partial charge in [0.2, 0.25) is 5.91 Å². The second-order valence-electron chi connectivity index (χ2n) is 7.84. The number of ether oxygens (including phenoxy) is 3. The Labute approximate surface area is 189 Å². The first-order valence-corrected chi connectivity index (χ1v) is 11.0. The van der Waals surface area contributed by atoms with Crippen molar-refractivity contribution in [3.05, 3.63) is 53.6 Å². The van der Waals surface area contributed by atoms with Crippen LogP contribution in [-0.2, 0) is 22.4 Å². The number of rotatable bonds is 9. The van der Waals surface area contributed by atoms with Crippen molar-refractivity contribution in [1.29, 1.82) is 0 Å². The maximum Gasteiger partial charge on any atom is 0.258 e. The summed E-state index contributed by atoms with van der Waals surface area (Å²) in [7, 11) is 3.16. The molecule has 2 aromatic carbocycles. The molecular weight excluding hydrogens is 408 g/mol. The Balaban J connectivity index is 1.43. The molecule has 1 fully saturated rings. The van der Waals surface area contributed by atoms with E-state index in [0.29, 0.717) is 31.0 Å². The Hall–Kier alpha value is -3.22. The van der Waals surface area contributed by atoms with Gasteiger partial charge in [0.25, 0.3) is 5.91 Å². The van der Waals surface area contributed by atoms with E-state index in [4.69, 9.17) is 14.2 Å². The quantitative estimate of drug-likeness (QED) is 0.649. The number of carbonyl (C=O) groups excluding carboxylic acids is 2. The zero-order chi connectivity index (χ0) is 22.9. The molecule has 3 rings (SSSR count). The van der Waals surface area contributed by atoms with Gasteiger partial charge in [-0.3, -0.25) is 9.59 Å². The molecule has 1 heterocycles. The molecule has 0 spiro atoms. The van der Waals surface area contributed by atoms with Crippen molar-refractivity contribution in [2.24, 2.45) is 0 Å². The SMILES string of the molecule is CCc1ccccc1OCC(=O)NC1CCN(C(=O)Cc2ccc(OC)c(OC)c2)CC1. The Morgan fingerprint density at radius 1 is 1.00 bits per heavy atom. The number of nitrogens with zero attached hydrogens (tertiary/aromatic N) is 1. The first kappa shape index (κ1) is 23.4. The highest BCUT2D eigenvalue weighted by molar-refractivity contribution is 5.79. The van der Waals surface area contributed by atoms with Gasteiger partial charge < -0.3 is 24.4 Å². The summed E-state index contributed by atoms with van der Waals surface area (Å²) < 4.78 is 16.3. The molecule has 2 aromatic rings. The third kappa shape index (κ3) is 6.15. The minimum atomic E-state index is -0.133. The number of likely N-dealkylation sites (tertiary alicyclic amines) is 1. The van der Waals surface area contributed by atoms with E-state index >= 15 is 0 Å². The first-order valence-electron chi connectivity index (χ1n) is 11.0. The number of carbonyl (C=O) groups is 2. The number of hydrogen-bond acceptors (Lipinski definition) is 5. The lowest BCUT2D eigenvalue weighted by Gasteiger charge is -2.32. The van der Waals surface area contributed by atoms with E-state index in [1.807, 2.05) is 47.4 Å². The average molecular weight is 441 g/mol. The van der Waals surface area contributed by atoms with Crippen molar-refractivity contribution in [3.63, 3.8) is 0 Å². The molecule has 0 bridgehead atoms. The molecule has 0 unspecified atom stereocenters. The van der Waals surface area contributed by atoms with E-state index < -0.39 is 0 Å².